The lowest BCUT2D eigenvalue weighted by atomic mass is 10.1. The van der Waals surface area contributed by atoms with Crippen molar-refractivity contribution in [3.05, 3.63) is 0 Å². The molecule has 88 valence electrons. The Morgan fingerprint density at radius 2 is 2.20 bits per heavy atom. The van der Waals surface area contributed by atoms with Crippen molar-refractivity contribution in [2.24, 2.45) is 0 Å². The highest BCUT2D eigenvalue weighted by Crippen LogP contribution is 2.08. The third kappa shape index (κ3) is 5.14. The number of nitrogens with one attached hydrogen (secondary N) is 2. The summed E-state index contributed by atoms with van der Waals surface area (Å²) in [4.78, 5) is 11.7. The Morgan fingerprint density at radius 3 is 3.00 bits per heavy atom. The predicted molar refractivity (Wildman–Crippen MR) is 59.6 cm³/mol. The number of hydrogen-bond donors (Lipinski definition) is 3. The summed E-state index contributed by atoms with van der Waals surface area (Å²) < 4.78 is 0. The highest BCUT2D eigenvalue weighted by Gasteiger charge is 2.18. The van der Waals surface area contributed by atoms with Gasteiger partial charge in [-0.05, 0) is 32.2 Å². The van der Waals surface area contributed by atoms with Crippen LogP contribution < -0.4 is 10.6 Å². The zero-order valence-corrected chi connectivity index (χ0v) is 9.30. The van der Waals surface area contributed by atoms with E-state index in [2.05, 4.69) is 10.6 Å². The second-order valence-electron chi connectivity index (χ2n) is 4.08. The Balaban J connectivity index is 2.14. The lowest BCUT2D eigenvalue weighted by molar-refractivity contribution is -0.123. The minimum atomic E-state index is 0.00151. The zero-order valence-electron chi connectivity index (χ0n) is 9.30. The van der Waals surface area contributed by atoms with Crippen molar-refractivity contribution in [1.29, 1.82) is 0 Å². The molecule has 0 saturated carbocycles. The van der Waals surface area contributed by atoms with Crippen LogP contribution >= 0.6 is 0 Å². The van der Waals surface area contributed by atoms with E-state index >= 15 is 0 Å². The van der Waals surface area contributed by atoms with Crippen molar-refractivity contribution in [2.75, 3.05) is 19.7 Å². The normalized spacial score (nSPS) is 22.1. The van der Waals surface area contributed by atoms with E-state index in [-0.39, 0.29) is 18.6 Å². The molecule has 1 rings (SSSR count). The van der Waals surface area contributed by atoms with E-state index in [1.807, 2.05) is 0 Å². The number of aliphatic hydroxyl groups is 1. The Kier molecular flexibility index (Phi) is 6.36. The minimum Gasteiger partial charge on any atom is -0.396 e. The largest absolute Gasteiger partial charge is 0.396 e. The lowest BCUT2D eigenvalue weighted by Crippen LogP contribution is -2.44. The van der Waals surface area contributed by atoms with Gasteiger partial charge in [0.15, 0.2) is 0 Å². The Labute approximate surface area is 91.4 Å². The molecule has 1 heterocycles. The van der Waals surface area contributed by atoms with E-state index < -0.39 is 0 Å². The first-order valence-corrected chi connectivity index (χ1v) is 5.96. The Hall–Kier alpha value is -0.610. The topological polar surface area (TPSA) is 61.4 Å². The van der Waals surface area contributed by atoms with Crippen LogP contribution in [0.1, 0.15) is 38.5 Å². The number of carbonyl (C=O) groups excluding carboxylic acids is 1. The second kappa shape index (κ2) is 7.65. The minimum absolute atomic E-state index is 0.00151. The molecular formula is C11H22N2O2. The first kappa shape index (κ1) is 12.5. The van der Waals surface area contributed by atoms with E-state index in [0.717, 1.165) is 32.2 Å². The molecule has 1 atom stereocenters. The summed E-state index contributed by atoms with van der Waals surface area (Å²) in [5.41, 5.74) is 0. The fourth-order valence-electron chi connectivity index (χ4n) is 1.82. The summed E-state index contributed by atoms with van der Waals surface area (Å²) in [5.74, 6) is 0.120. The van der Waals surface area contributed by atoms with Gasteiger partial charge in [0.25, 0.3) is 0 Å². The quantitative estimate of drug-likeness (QED) is 0.581. The number of hydrogen-bond acceptors (Lipinski definition) is 3. The number of amides is 1. The number of aliphatic hydroxyl groups excluding tert-OH is 1. The van der Waals surface area contributed by atoms with Gasteiger partial charge in [0.1, 0.15) is 0 Å². The molecule has 0 aromatic carbocycles. The third-order valence-corrected chi connectivity index (χ3v) is 2.76. The van der Waals surface area contributed by atoms with Gasteiger partial charge in [-0.3, -0.25) is 4.79 Å². The van der Waals surface area contributed by atoms with Crippen LogP contribution in [-0.4, -0.2) is 36.8 Å². The van der Waals surface area contributed by atoms with Crippen molar-refractivity contribution in [3.63, 3.8) is 0 Å². The summed E-state index contributed by atoms with van der Waals surface area (Å²) in [6, 6.07) is 0.00151. The van der Waals surface area contributed by atoms with Gasteiger partial charge in [-0.25, -0.2) is 0 Å². The molecule has 0 spiro atoms. The molecule has 1 aliphatic rings. The molecule has 1 amide bonds. The van der Waals surface area contributed by atoms with Crippen LogP contribution in [0.3, 0.4) is 0 Å². The van der Waals surface area contributed by atoms with Crippen molar-refractivity contribution in [3.8, 4) is 0 Å². The van der Waals surface area contributed by atoms with Crippen LogP contribution in [0.4, 0.5) is 0 Å². The molecule has 0 aliphatic carbocycles. The molecule has 15 heavy (non-hydrogen) atoms. The van der Waals surface area contributed by atoms with E-state index in [9.17, 15) is 4.79 Å². The Bertz CT molecular complexity index is 177. The molecule has 1 saturated heterocycles. The first-order chi connectivity index (χ1) is 7.34. The maximum atomic E-state index is 11.7. The SMILES string of the molecule is O=C(NCCCCO)C1CCCCCN1. The van der Waals surface area contributed by atoms with Gasteiger partial charge in [0.2, 0.25) is 5.91 Å². The molecule has 0 aromatic rings. The number of unbranched alkanes of at least 4 members (excludes halogenated alkanes) is 1. The predicted octanol–water partition coefficient (Wildman–Crippen LogP) is 0.407. The van der Waals surface area contributed by atoms with Gasteiger partial charge < -0.3 is 15.7 Å². The Morgan fingerprint density at radius 1 is 1.33 bits per heavy atom. The van der Waals surface area contributed by atoms with Gasteiger partial charge in [0, 0.05) is 13.2 Å². The highest BCUT2D eigenvalue weighted by molar-refractivity contribution is 5.81. The molecule has 1 unspecified atom stereocenters. The van der Waals surface area contributed by atoms with Gasteiger partial charge in [0.05, 0.1) is 6.04 Å². The fraction of sp³-hybridized carbons (Fsp3) is 0.909. The number of rotatable bonds is 5. The van der Waals surface area contributed by atoms with Crippen LogP contribution in [-0.2, 0) is 4.79 Å². The lowest BCUT2D eigenvalue weighted by Gasteiger charge is -2.15. The van der Waals surface area contributed by atoms with Crippen LogP contribution in [0.25, 0.3) is 0 Å². The molecule has 0 aromatic heterocycles. The molecule has 1 aliphatic heterocycles. The second-order valence-corrected chi connectivity index (χ2v) is 4.08. The maximum Gasteiger partial charge on any atom is 0.237 e. The monoisotopic (exact) mass is 214 g/mol. The average Bonchev–Trinajstić information content (AvgIpc) is 2.52. The molecule has 4 heteroatoms. The van der Waals surface area contributed by atoms with Crippen molar-refractivity contribution >= 4 is 5.91 Å². The summed E-state index contributed by atoms with van der Waals surface area (Å²) in [5, 5.41) is 14.8. The van der Waals surface area contributed by atoms with Crippen LogP contribution in [0.15, 0.2) is 0 Å². The summed E-state index contributed by atoms with van der Waals surface area (Å²) in [6.45, 7) is 1.84. The number of carbonyl (C=O) groups is 1. The van der Waals surface area contributed by atoms with Gasteiger partial charge in [-0.1, -0.05) is 12.8 Å². The van der Waals surface area contributed by atoms with Gasteiger partial charge in [-0.15, -0.1) is 0 Å². The molecule has 3 N–H and O–H groups in total. The molecular weight excluding hydrogens is 192 g/mol. The smallest absolute Gasteiger partial charge is 0.237 e. The maximum absolute atomic E-state index is 11.7. The van der Waals surface area contributed by atoms with Crippen molar-refractivity contribution < 1.29 is 9.90 Å². The first-order valence-electron chi connectivity index (χ1n) is 5.96. The summed E-state index contributed by atoms with van der Waals surface area (Å²) >= 11 is 0. The van der Waals surface area contributed by atoms with Crippen molar-refractivity contribution in [1.82, 2.24) is 10.6 Å². The molecule has 4 nitrogen and oxygen atoms in total. The summed E-state index contributed by atoms with van der Waals surface area (Å²) in [6.07, 6.45) is 6.11. The van der Waals surface area contributed by atoms with Crippen LogP contribution in [0.5, 0.6) is 0 Å². The van der Waals surface area contributed by atoms with Crippen LogP contribution in [0.2, 0.25) is 0 Å². The van der Waals surface area contributed by atoms with E-state index in [1.165, 1.54) is 12.8 Å². The molecule has 1 fully saturated rings. The van der Waals surface area contributed by atoms with E-state index in [0.29, 0.717) is 6.54 Å². The summed E-state index contributed by atoms with van der Waals surface area (Å²) in [7, 11) is 0. The molecule has 0 radical (unpaired) electrons. The third-order valence-electron chi connectivity index (χ3n) is 2.76. The fourth-order valence-corrected chi connectivity index (χ4v) is 1.82. The van der Waals surface area contributed by atoms with E-state index in [1.54, 1.807) is 0 Å². The van der Waals surface area contributed by atoms with Crippen LogP contribution in [0, 0.1) is 0 Å². The van der Waals surface area contributed by atoms with Gasteiger partial charge >= 0.3 is 0 Å². The standard InChI is InChI=1S/C11H22N2O2/c14-9-5-4-8-13-11(15)10-6-2-1-3-7-12-10/h10,12,14H,1-9H2,(H,13,15). The highest BCUT2D eigenvalue weighted by atomic mass is 16.2. The molecule has 0 bridgehead atoms. The zero-order chi connectivity index (χ0) is 10.9. The van der Waals surface area contributed by atoms with Crippen molar-refractivity contribution in [2.45, 2.75) is 44.6 Å². The van der Waals surface area contributed by atoms with Gasteiger partial charge in [-0.2, -0.15) is 0 Å². The van der Waals surface area contributed by atoms with E-state index in [4.69, 9.17) is 5.11 Å². The average molecular weight is 214 g/mol.